The number of thioether (sulfide) groups is 1. The summed E-state index contributed by atoms with van der Waals surface area (Å²) in [5.41, 5.74) is 1.96. The second-order valence-electron chi connectivity index (χ2n) is 6.45. The molecule has 2 aromatic rings. The van der Waals surface area contributed by atoms with Crippen LogP contribution in [0.3, 0.4) is 0 Å². The second kappa shape index (κ2) is 8.83. The van der Waals surface area contributed by atoms with E-state index in [1.807, 2.05) is 23.6 Å². The standard InChI is InChI=1S/C19H25N3OS2/c1-21(18(23)17-14-25-19(20-17)24-2)16-9-6-11-22(13-16)12-10-15-7-4-3-5-8-15/h3-5,7-8,14,16H,6,9-13H2,1-2H3/t16-/m0/s1. The van der Waals surface area contributed by atoms with E-state index in [0.29, 0.717) is 5.69 Å². The topological polar surface area (TPSA) is 36.4 Å². The zero-order chi connectivity index (χ0) is 17.6. The summed E-state index contributed by atoms with van der Waals surface area (Å²) in [6.07, 6.45) is 5.27. The summed E-state index contributed by atoms with van der Waals surface area (Å²) in [4.78, 5) is 21.5. The van der Waals surface area contributed by atoms with E-state index in [9.17, 15) is 4.79 Å². The van der Waals surface area contributed by atoms with Crippen LogP contribution in [-0.4, -0.2) is 59.7 Å². The number of benzene rings is 1. The smallest absolute Gasteiger partial charge is 0.273 e. The van der Waals surface area contributed by atoms with E-state index in [1.54, 1.807) is 23.1 Å². The number of aromatic nitrogens is 1. The van der Waals surface area contributed by atoms with Crippen molar-refractivity contribution in [1.29, 1.82) is 0 Å². The van der Waals surface area contributed by atoms with Crippen LogP contribution < -0.4 is 0 Å². The van der Waals surface area contributed by atoms with Crippen molar-refractivity contribution in [2.75, 3.05) is 32.9 Å². The van der Waals surface area contributed by atoms with Crippen molar-refractivity contribution in [3.63, 3.8) is 0 Å². The van der Waals surface area contributed by atoms with Gasteiger partial charge in [0.25, 0.3) is 5.91 Å². The number of carbonyl (C=O) groups is 1. The molecule has 25 heavy (non-hydrogen) atoms. The van der Waals surface area contributed by atoms with Crippen molar-refractivity contribution < 1.29 is 4.79 Å². The highest BCUT2D eigenvalue weighted by Gasteiger charge is 2.27. The number of piperidine rings is 1. The van der Waals surface area contributed by atoms with Crippen LogP contribution >= 0.6 is 23.1 Å². The Kier molecular flexibility index (Phi) is 6.51. The van der Waals surface area contributed by atoms with Gasteiger partial charge in [0.1, 0.15) is 10.0 Å². The normalized spacial score (nSPS) is 18.2. The van der Waals surface area contributed by atoms with Crippen molar-refractivity contribution in [3.8, 4) is 0 Å². The van der Waals surface area contributed by atoms with Crippen LogP contribution in [0.1, 0.15) is 28.9 Å². The number of hydrogen-bond acceptors (Lipinski definition) is 5. The average molecular weight is 376 g/mol. The molecule has 1 fully saturated rings. The van der Waals surface area contributed by atoms with E-state index >= 15 is 0 Å². The molecule has 2 heterocycles. The van der Waals surface area contributed by atoms with E-state index in [0.717, 1.165) is 43.2 Å². The van der Waals surface area contributed by atoms with Crippen LogP contribution in [-0.2, 0) is 6.42 Å². The summed E-state index contributed by atoms with van der Waals surface area (Å²) in [7, 11) is 1.92. The molecule has 134 valence electrons. The van der Waals surface area contributed by atoms with Gasteiger partial charge in [0.15, 0.2) is 0 Å². The Balaban J connectivity index is 1.55. The molecule has 0 aliphatic carbocycles. The van der Waals surface area contributed by atoms with Crippen LogP contribution in [0.4, 0.5) is 0 Å². The zero-order valence-electron chi connectivity index (χ0n) is 14.9. The molecule has 0 spiro atoms. The van der Waals surface area contributed by atoms with Gasteiger partial charge < -0.3 is 9.80 Å². The lowest BCUT2D eigenvalue weighted by molar-refractivity contribution is 0.0614. The molecule has 0 unspecified atom stereocenters. The van der Waals surface area contributed by atoms with Crippen molar-refractivity contribution >= 4 is 29.0 Å². The Morgan fingerprint density at radius 2 is 2.20 bits per heavy atom. The molecule has 6 heteroatoms. The summed E-state index contributed by atoms with van der Waals surface area (Å²) in [6.45, 7) is 3.13. The van der Waals surface area contributed by atoms with Crippen molar-refractivity contribution in [2.45, 2.75) is 29.6 Å². The minimum Gasteiger partial charge on any atom is -0.336 e. The molecule has 0 bridgehead atoms. The van der Waals surface area contributed by atoms with Gasteiger partial charge in [-0.2, -0.15) is 0 Å². The van der Waals surface area contributed by atoms with Gasteiger partial charge in [-0.05, 0) is 37.6 Å². The number of likely N-dealkylation sites (tertiary alicyclic amines) is 1. The van der Waals surface area contributed by atoms with Crippen molar-refractivity contribution in [1.82, 2.24) is 14.8 Å². The highest BCUT2D eigenvalue weighted by molar-refractivity contribution is 8.00. The number of nitrogens with zero attached hydrogens (tertiary/aromatic N) is 3. The maximum atomic E-state index is 12.7. The lowest BCUT2D eigenvalue weighted by atomic mass is 10.0. The summed E-state index contributed by atoms with van der Waals surface area (Å²) in [5.74, 6) is 0.0476. The van der Waals surface area contributed by atoms with Gasteiger partial charge in [-0.3, -0.25) is 4.79 Å². The molecule has 3 rings (SSSR count). The Morgan fingerprint density at radius 1 is 1.40 bits per heavy atom. The SMILES string of the molecule is CSc1nc(C(=O)N(C)[C@H]2CCCN(CCc3ccccc3)C2)cs1. The predicted octanol–water partition coefficient (Wildman–Crippen LogP) is 3.64. The molecule has 1 aliphatic rings. The van der Waals surface area contributed by atoms with Gasteiger partial charge >= 0.3 is 0 Å². The monoisotopic (exact) mass is 375 g/mol. The number of likely N-dealkylation sites (N-methyl/N-ethyl adjacent to an activating group) is 1. The first-order valence-corrected chi connectivity index (χ1v) is 10.8. The molecule has 1 amide bonds. The minimum absolute atomic E-state index is 0.0476. The Bertz CT molecular complexity index is 689. The highest BCUT2D eigenvalue weighted by atomic mass is 32.2. The third kappa shape index (κ3) is 4.84. The second-order valence-corrected chi connectivity index (χ2v) is 8.36. The van der Waals surface area contributed by atoms with E-state index in [4.69, 9.17) is 0 Å². The maximum absolute atomic E-state index is 12.7. The number of carbonyl (C=O) groups excluding carboxylic acids is 1. The predicted molar refractivity (Wildman–Crippen MR) is 106 cm³/mol. The molecular formula is C19H25N3OS2. The van der Waals surface area contributed by atoms with Crippen LogP contribution in [0, 0.1) is 0 Å². The molecular weight excluding hydrogens is 350 g/mol. The number of rotatable bonds is 6. The van der Waals surface area contributed by atoms with Crippen molar-refractivity contribution in [2.24, 2.45) is 0 Å². The number of hydrogen-bond donors (Lipinski definition) is 0. The molecule has 0 saturated carbocycles. The Labute approximate surface area is 158 Å². The third-order valence-corrected chi connectivity index (χ3v) is 6.65. The van der Waals surface area contributed by atoms with E-state index in [1.165, 1.54) is 5.56 Å². The van der Waals surface area contributed by atoms with E-state index in [-0.39, 0.29) is 11.9 Å². The Hall–Kier alpha value is -1.37. The van der Waals surface area contributed by atoms with Crippen LogP contribution in [0.25, 0.3) is 0 Å². The zero-order valence-corrected chi connectivity index (χ0v) is 16.5. The summed E-state index contributed by atoms with van der Waals surface area (Å²) in [5, 5.41) is 1.88. The van der Waals surface area contributed by atoms with Crippen molar-refractivity contribution in [3.05, 3.63) is 47.0 Å². The molecule has 0 N–H and O–H groups in total. The van der Waals surface area contributed by atoms with Gasteiger partial charge in [-0.25, -0.2) is 4.98 Å². The fraction of sp³-hybridized carbons (Fsp3) is 0.474. The van der Waals surface area contributed by atoms with Crippen LogP contribution in [0.5, 0.6) is 0 Å². The Morgan fingerprint density at radius 3 is 2.92 bits per heavy atom. The molecule has 0 radical (unpaired) electrons. The van der Waals surface area contributed by atoms with Gasteiger partial charge in [-0.15, -0.1) is 11.3 Å². The first-order chi connectivity index (χ1) is 12.2. The van der Waals surface area contributed by atoms with E-state index in [2.05, 4.69) is 40.2 Å². The average Bonchev–Trinajstić information content (AvgIpc) is 3.15. The molecule has 1 aromatic carbocycles. The molecule has 1 aromatic heterocycles. The number of thiazole rings is 1. The molecule has 1 aliphatic heterocycles. The van der Waals surface area contributed by atoms with Gasteiger partial charge in [0.2, 0.25) is 0 Å². The summed E-state index contributed by atoms with van der Waals surface area (Å²) in [6, 6.07) is 10.9. The van der Waals surface area contributed by atoms with Crippen LogP contribution in [0.15, 0.2) is 40.1 Å². The molecule has 1 saturated heterocycles. The largest absolute Gasteiger partial charge is 0.336 e. The third-order valence-electron chi connectivity index (χ3n) is 4.79. The summed E-state index contributed by atoms with van der Waals surface area (Å²) < 4.78 is 0.949. The first kappa shape index (κ1) is 18.4. The quantitative estimate of drug-likeness (QED) is 0.722. The van der Waals surface area contributed by atoms with Gasteiger partial charge in [0, 0.05) is 31.6 Å². The minimum atomic E-state index is 0.0476. The first-order valence-electron chi connectivity index (χ1n) is 8.70. The molecule has 4 nitrogen and oxygen atoms in total. The number of amides is 1. The van der Waals surface area contributed by atoms with Crippen LogP contribution in [0.2, 0.25) is 0 Å². The van der Waals surface area contributed by atoms with Gasteiger partial charge in [-0.1, -0.05) is 42.1 Å². The lowest BCUT2D eigenvalue weighted by Gasteiger charge is -2.37. The molecule has 1 atom stereocenters. The lowest BCUT2D eigenvalue weighted by Crippen LogP contribution is -2.49. The maximum Gasteiger partial charge on any atom is 0.273 e. The summed E-state index contributed by atoms with van der Waals surface area (Å²) >= 11 is 3.13. The highest BCUT2D eigenvalue weighted by Crippen LogP contribution is 2.22. The van der Waals surface area contributed by atoms with E-state index < -0.39 is 0 Å². The fourth-order valence-corrected chi connectivity index (χ4v) is 4.51. The van der Waals surface area contributed by atoms with Gasteiger partial charge in [0.05, 0.1) is 0 Å². The fourth-order valence-electron chi connectivity index (χ4n) is 3.28.